The van der Waals surface area contributed by atoms with E-state index in [4.69, 9.17) is 11.6 Å². The molecule has 0 spiro atoms. The first kappa shape index (κ1) is 15.5. The molecule has 1 heterocycles. The van der Waals surface area contributed by atoms with Crippen molar-refractivity contribution in [3.63, 3.8) is 0 Å². The van der Waals surface area contributed by atoms with E-state index < -0.39 is 0 Å². The van der Waals surface area contributed by atoms with Crippen molar-refractivity contribution in [1.82, 2.24) is 15.1 Å². The van der Waals surface area contributed by atoms with Crippen LogP contribution in [0.25, 0.3) is 0 Å². The highest BCUT2D eigenvalue weighted by molar-refractivity contribution is 6.31. The van der Waals surface area contributed by atoms with Gasteiger partial charge in [-0.2, -0.15) is 5.10 Å². The van der Waals surface area contributed by atoms with Crippen molar-refractivity contribution in [2.75, 3.05) is 13.6 Å². The maximum absolute atomic E-state index is 6.42. The highest BCUT2D eigenvalue weighted by atomic mass is 35.5. The first-order valence-electron chi connectivity index (χ1n) is 6.66. The Morgan fingerprint density at radius 3 is 2.39 bits per heavy atom. The Kier molecular flexibility index (Phi) is 5.23. The lowest BCUT2D eigenvalue weighted by Gasteiger charge is -2.30. The van der Waals surface area contributed by atoms with Crippen LogP contribution in [-0.4, -0.2) is 23.4 Å². The summed E-state index contributed by atoms with van der Waals surface area (Å²) in [5.74, 6) is 0.542. The third-order valence-electron chi connectivity index (χ3n) is 3.62. The van der Waals surface area contributed by atoms with Gasteiger partial charge in [-0.15, -0.1) is 0 Å². The fourth-order valence-electron chi connectivity index (χ4n) is 2.21. The van der Waals surface area contributed by atoms with Gasteiger partial charge in [0.05, 0.1) is 16.4 Å². The monoisotopic (exact) mass is 271 g/mol. The number of aromatic nitrogens is 2. The van der Waals surface area contributed by atoms with Gasteiger partial charge in [-0.05, 0) is 37.8 Å². The van der Waals surface area contributed by atoms with Gasteiger partial charge >= 0.3 is 0 Å². The van der Waals surface area contributed by atoms with Crippen LogP contribution in [0.3, 0.4) is 0 Å². The number of hydrogen-bond donors (Lipinski definition) is 1. The van der Waals surface area contributed by atoms with E-state index in [1.165, 1.54) is 0 Å². The van der Waals surface area contributed by atoms with Gasteiger partial charge in [0, 0.05) is 7.05 Å². The summed E-state index contributed by atoms with van der Waals surface area (Å²) in [4.78, 5) is 0. The van der Waals surface area contributed by atoms with E-state index in [9.17, 15) is 0 Å². The summed E-state index contributed by atoms with van der Waals surface area (Å²) in [6.45, 7) is 9.92. The van der Waals surface area contributed by atoms with Crippen molar-refractivity contribution in [3.8, 4) is 0 Å². The second-order valence-corrected chi connectivity index (χ2v) is 6.39. The summed E-state index contributed by atoms with van der Waals surface area (Å²) in [6.07, 6.45) is 1.85. The number of nitrogens with one attached hydrogen (secondary N) is 1. The van der Waals surface area contributed by atoms with Crippen LogP contribution in [0.5, 0.6) is 0 Å². The molecule has 1 unspecified atom stereocenters. The summed E-state index contributed by atoms with van der Waals surface area (Å²) in [5.41, 5.74) is 2.41. The van der Waals surface area contributed by atoms with Gasteiger partial charge in [0.15, 0.2) is 0 Å². The van der Waals surface area contributed by atoms with Crippen molar-refractivity contribution < 1.29 is 0 Å². The van der Waals surface area contributed by atoms with E-state index in [-0.39, 0.29) is 5.41 Å². The molecule has 0 bridgehead atoms. The summed E-state index contributed by atoms with van der Waals surface area (Å²) >= 11 is 6.42. The zero-order valence-electron chi connectivity index (χ0n) is 12.5. The number of hydrogen-bond acceptors (Lipinski definition) is 2. The average molecular weight is 272 g/mol. The van der Waals surface area contributed by atoms with E-state index in [0.29, 0.717) is 5.92 Å². The van der Waals surface area contributed by atoms with Crippen LogP contribution in [0.15, 0.2) is 0 Å². The normalized spacial score (nSPS) is 13.9. The number of aryl methyl sites for hydroxylation is 2. The molecule has 0 radical (unpaired) electrons. The van der Waals surface area contributed by atoms with E-state index in [2.05, 4.69) is 38.1 Å². The van der Waals surface area contributed by atoms with Crippen LogP contribution >= 0.6 is 11.6 Å². The molecule has 0 aliphatic rings. The minimum atomic E-state index is 0.253. The fraction of sp³-hybridized carbons (Fsp3) is 0.786. The van der Waals surface area contributed by atoms with Crippen LogP contribution in [0.1, 0.15) is 39.1 Å². The second-order valence-electron chi connectivity index (χ2n) is 6.01. The second kappa shape index (κ2) is 6.07. The fourth-order valence-corrected chi connectivity index (χ4v) is 2.58. The predicted molar refractivity (Wildman–Crippen MR) is 78.2 cm³/mol. The van der Waals surface area contributed by atoms with Gasteiger partial charge in [0.1, 0.15) is 0 Å². The summed E-state index contributed by atoms with van der Waals surface area (Å²) in [7, 11) is 3.99. The van der Waals surface area contributed by atoms with Crippen molar-refractivity contribution in [3.05, 3.63) is 16.4 Å². The molecule has 3 nitrogen and oxygen atoms in total. The van der Waals surface area contributed by atoms with Crippen LogP contribution < -0.4 is 5.32 Å². The number of halogens is 1. The third-order valence-corrected chi connectivity index (χ3v) is 4.05. The maximum atomic E-state index is 6.42. The van der Waals surface area contributed by atoms with Crippen LogP contribution in [0.2, 0.25) is 5.02 Å². The average Bonchev–Trinajstić information content (AvgIpc) is 2.54. The lowest BCUT2D eigenvalue weighted by atomic mass is 9.78. The van der Waals surface area contributed by atoms with Crippen molar-refractivity contribution in [2.45, 2.75) is 40.5 Å². The van der Waals surface area contributed by atoms with Crippen molar-refractivity contribution in [2.24, 2.45) is 18.4 Å². The lowest BCUT2D eigenvalue weighted by Crippen LogP contribution is -2.32. The first-order chi connectivity index (χ1) is 8.31. The Bertz CT molecular complexity index is 390. The summed E-state index contributed by atoms with van der Waals surface area (Å²) < 4.78 is 1.94. The number of nitrogens with zero attached hydrogens (tertiary/aromatic N) is 2. The van der Waals surface area contributed by atoms with Crippen LogP contribution in [0, 0.1) is 11.3 Å². The Morgan fingerprint density at radius 1 is 1.39 bits per heavy atom. The molecule has 0 saturated heterocycles. The SMILES string of the molecule is CCc1nn(C)c(CC(CNC)C(C)(C)C)c1Cl. The van der Waals surface area contributed by atoms with E-state index in [1.807, 2.05) is 18.8 Å². The molecule has 0 saturated carbocycles. The van der Waals surface area contributed by atoms with Gasteiger partial charge in [0.2, 0.25) is 0 Å². The molecule has 0 aliphatic carbocycles. The maximum Gasteiger partial charge on any atom is 0.0849 e. The molecule has 1 rings (SSSR count). The summed E-state index contributed by atoms with van der Waals surface area (Å²) in [6, 6.07) is 0. The third kappa shape index (κ3) is 3.48. The van der Waals surface area contributed by atoms with E-state index >= 15 is 0 Å². The standard InChI is InChI=1S/C14H26ClN3/c1-7-11-13(15)12(18(6)17-11)8-10(9-16-5)14(2,3)4/h10,16H,7-9H2,1-6H3. The van der Waals surface area contributed by atoms with E-state index in [0.717, 1.165) is 35.8 Å². The highest BCUT2D eigenvalue weighted by Crippen LogP contribution is 2.31. The minimum absolute atomic E-state index is 0.253. The van der Waals surface area contributed by atoms with Crippen molar-refractivity contribution >= 4 is 11.6 Å². The zero-order valence-corrected chi connectivity index (χ0v) is 13.2. The molecule has 1 N–H and O–H groups in total. The Hall–Kier alpha value is -0.540. The molecule has 0 fully saturated rings. The topological polar surface area (TPSA) is 29.9 Å². The Labute approximate surface area is 116 Å². The molecule has 1 aromatic heterocycles. The first-order valence-corrected chi connectivity index (χ1v) is 7.03. The molecule has 0 amide bonds. The smallest absolute Gasteiger partial charge is 0.0849 e. The molecular weight excluding hydrogens is 246 g/mol. The summed E-state index contributed by atoms with van der Waals surface area (Å²) in [5, 5.41) is 8.62. The molecular formula is C14H26ClN3. The zero-order chi connectivity index (χ0) is 13.9. The van der Waals surface area contributed by atoms with Crippen LogP contribution in [-0.2, 0) is 19.9 Å². The van der Waals surface area contributed by atoms with E-state index in [1.54, 1.807) is 0 Å². The highest BCUT2D eigenvalue weighted by Gasteiger charge is 2.27. The minimum Gasteiger partial charge on any atom is -0.319 e. The Morgan fingerprint density at radius 2 is 2.00 bits per heavy atom. The predicted octanol–water partition coefficient (Wildman–Crippen LogP) is 3.06. The molecule has 0 aromatic carbocycles. The van der Waals surface area contributed by atoms with Crippen molar-refractivity contribution in [1.29, 1.82) is 0 Å². The largest absolute Gasteiger partial charge is 0.319 e. The van der Waals surface area contributed by atoms with Gasteiger partial charge in [-0.25, -0.2) is 0 Å². The lowest BCUT2D eigenvalue weighted by molar-refractivity contribution is 0.231. The molecule has 1 atom stereocenters. The molecule has 4 heteroatoms. The molecule has 104 valence electrons. The molecule has 1 aromatic rings. The van der Waals surface area contributed by atoms with Gasteiger partial charge in [0.25, 0.3) is 0 Å². The van der Waals surface area contributed by atoms with Gasteiger partial charge in [-0.3, -0.25) is 4.68 Å². The number of rotatable bonds is 5. The quantitative estimate of drug-likeness (QED) is 0.892. The van der Waals surface area contributed by atoms with Gasteiger partial charge < -0.3 is 5.32 Å². The molecule has 18 heavy (non-hydrogen) atoms. The molecule has 0 aliphatic heterocycles. The van der Waals surface area contributed by atoms with Gasteiger partial charge in [-0.1, -0.05) is 39.3 Å². The van der Waals surface area contributed by atoms with Crippen LogP contribution in [0.4, 0.5) is 0 Å². The Balaban J connectivity index is 2.97.